The summed E-state index contributed by atoms with van der Waals surface area (Å²) in [6.07, 6.45) is 7.02. The maximum absolute atomic E-state index is 13.8. The van der Waals surface area contributed by atoms with E-state index in [2.05, 4.69) is 9.97 Å². The normalized spacial score (nSPS) is 10.9. The third-order valence-electron chi connectivity index (χ3n) is 3.08. The maximum atomic E-state index is 13.8. The van der Waals surface area contributed by atoms with E-state index in [1.54, 1.807) is 35.4 Å². The fraction of sp³-hybridized carbons (Fsp3) is 0.143. The average Bonchev–Trinajstić information content (AvgIpc) is 3.00. The number of halogens is 2. The molecule has 4 nitrogen and oxygen atoms in total. The molecule has 0 aliphatic rings. The molecule has 0 aliphatic heterocycles. The lowest BCUT2D eigenvalue weighted by atomic mass is 10.3. The van der Waals surface area contributed by atoms with E-state index in [9.17, 15) is 4.39 Å². The molecule has 1 aromatic carbocycles. The van der Waals surface area contributed by atoms with E-state index in [-0.39, 0.29) is 5.82 Å². The largest absolute Gasteiger partial charge is 0.329 e. The Balaban J connectivity index is 1.88. The minimum atomic E-state index is -0.375. The summed E-state index contributed by atoms with van der Waals surface area (Å²) in [5, 5.41) is 0.376. The highest BCUT2D eigenvalue weighted by Crippen LogP contribution is 2.18. The van der Waals surface area contributed by atoms with Crippen LogP contribution >= 0.6 is 11.6 Å². The minimum absolute atomic E-state index is 0.375. The van der Waals surface area contributed by atoms with Crippen molar-refractivity contribution in [1.29, 1.82) is 0 Å². The van der Waals surface area contributed by atoms with Crippen LogP contribution in [-0.4, -0.2) is 19.1 Å². The SMILES string of the molecule is Cc1nccn1Cc1cn(-c2ccc(Cl)cc2F)cn1. The Kier molecular flexibility index (Phi) is 3.28. The molecular weight excluding hydrogens is 279 g/mol. The number of aromatic nitrogens is 4. The van der Waals surface area contributed by atoms with Crippen molar-refractivity contribution in [1.82, 2.24) is 19.1 Å². The van der Waals surface area contributed by atoms with Gasteiger partial charge in [0, 0.05) is 23.6 Å². The van der Waals surface area contributed by atoms with Crippen molar-refractivity contribution in [2.75, 3.05) is 0 Å². The third kappa shape index (κ3) is 2.44. The Morgan fingerprint density at radius 2 is 2.15 bits per heavy atom. The van der Waals surface area contributed by atoms with Crippen LogP contribution in [0.2, 0.25) is 5.02 Å². The van der Waals surface area contributed by atoms with Gasteiger partial charge in [-0.1, -0.05) is 11.6 Å². The zero-order chi connectivity index (χ0) is 14.1. The molecular formula is C14H12ClFN4. The van der Waals surface area contributed by atoms with Crippen molar-refractivity contribution in [2.45, 2.75) is 13.5 Å². The zero-order valence-electron chi connectivity index (χ0n) is 10.8. The van der Waals surface area contributed by atoms with Crippen molar-refractivity contribution in [3.8, 4) is 5.69 Å². The molecule has 102 valence electrons. The Labute approximate surface area is 120 Å². The number of nitrogens with zero attached hydrogens (tertiary/aromatic N) is 4. The minimum Gasteiger partial charge on any atom is -0.329 e. The van der Waals surface area contributed by atoms with Gasteiger partial charge in [0.1, 0.15) is 11.6 Å². The second-order valence-electron chi connectivity index (χ2n) is 4.47. The van der Waals surface area contributed by atoms with Gasteiger partial charge in [0.15, 0.2) is 0 Å². The van der Waals surface area contributed by atoms with Gasteiger partial charge in [0.05, 0.1) is 24.3 Å². The highest BCUT2D eigenvalue weighted by Gasteiger charge is 2.07. The van der Waals surface area contributed by atoms with E-state index in [1.165, 1.54) is 6.07 Å². The van der Waals surface area contributed by atoms with Crippen LogP contribution in [0.1, 0.15) is 11.5 Å². The Bertz CT molecular complexity index is 747. The third-order valence-corrected chi connectivity index (χ3v) is 3.32. The molecule has 0 fully saturated rings. The maximum Gasteiger partial charge on any atom is 0.148 e. The lowest BCUT2D eigenvalue weighted by molar-refractivity contribution is 0.618. The van der Waals surface area contributed by atoms with Gasteiger partial charge in [-0.15, -0.1) is 0 Å². The summed E-state index contributed by atoms with van der Waals surface area (Å²) in [5.74, 6) is 0.539. The highest BCUT2D eigenvalue weighted by atomic mass is 35.5. The summed E-state index contributed by atoms with van der Waals surface area (Å²) >= 11 is 5.75. The number of aryl methyl sites for hydroxylation is 1. The second kappa shape index (κ2) is 5.09. The molecule has 0 N–H and O–H groups in total. The van der Waals surface area contributed by atoms with Gasteiger partial charge in [-0.3, -0.25) is 0 Å². The second-order valence-corrected chi connectivity index (χ2v) is 4.91. The number of rotatable bonds is 3. The number of hydrogen-bond acceptors (Lipinski definition) is 2. The zero-order valence-corrected chi connectivity index (χ0v) is 11.5. The first kappa shape index (κ1) is 12.9. The van der Waals surface area contributed by atoms with E-state index in [0.29, 0.717) is 17.3 Å². The number of hydrogen-bond donors (Lipinski definition) is 0. The predicted molar refractivity (Wildman–Crippen MR) is 74.6 cm³/mol. The summed E-state index contributed by atoms with van der Waals surface area (Å²) in [4.78, 5) is 8.44. The Morgan fingerprint density at radius 3 is 2.85 bits per heavy atom. The first-order chi connectivity index (χ1) is 9.63. The quantitative estimate of drug-likeness (QED) is 0.742. The molecule has 0 atom stereocenters. The lowest BCUT2D eigenvalue weighted by Gasteiger charge is -2.04. The van der Waals surface area contributed by atoms with E-state index in [0.717, 1.165) is 11.5 Å². The van der Waals surface area contributed by atoms with Crippen LogP contribution in [0.3, 0.4) is 0 Å². The molecule has 0 bridgehead atoms. The fourth-order valence-electron chi connectivity index (χ4n) is 2.01. The molecule has 0 saturated heterocycles. The lowest BCUT2D eigenvalue weighted by Crippen LogP contribution is -2.01. The smallest absolute Gasteiger partial charge is 0.148 e. The van der Waals surface area contributed by atoms with Crippen molar-refractivity contribution < 1.29 is 4.39 Å². The molecule has 2 heterocycles. The molecule has 0 radical (unpaired) electrons. The first-order valence-electron chi connectivity index (χ1n) is 6.09. The topological polar surface area (TPSA) is 35.6 Å². The van der Waals surface area contributed by atoms with Gasteiger partial charge in [-0.05, 0) is 25.1 Å². The number of benzene rings is 1. The summed E-state index contributed by atoms with van der Waals surface area (Å²) in [6, 6.07) is 4.57. The molecule has 0 amide bonds. The Hall–Kier alpha value is -2.14. The van der Waals surface area contributed by atoms with Crippen LogP contribution in [0.25, 0.3) is 5.69 Å². The summed E-state index contributed by atoms with van der Waals surface area (Å²) in [5.41, 5.74) is 1.26. The van der Waals surface area contributed by atoms with Crippen LogP contribution in [-0.2, 0) is 6.54 Å². The fourth-order valence-corrected chi connectivity index (χ4v) is 2.17. The predicted octanol–water partition coefficient (Wildman–Crippen LogP) is 3.22. The van der Waals surface area contributed by atoms with Crippen LogP contribution in [0.5, 0.6) is 0 Å². The average molecular weight is 291 g/mol. The van der Waals surface area contributed by atoms with Crippen molar-refractivity contribution in [3.63, 3.8) is 0 Å². The summed E-state index contributed by atoms with van der Waals surface area (Å²) < 4.78 is 17.5. The molecule has 0 spiro atoms. The van der Waals surface area contributed by atoms with Crippen molar-refractivity contribution in [2.24, 2.45) is 0 Å². The van der Waals surface area contributed by atoms with Gasteiger partial charge in [0.2, 0.25) is 0 Å². The molecule has 6 heteroatoms. The molecule has 3 aromatic rings. The van der Waals surface area contributed by atoms with E-state index in [1.807, 2.05) is 17.7 Å². The van der Waals surface area contributed by atoms with Crippen LogP contribution < -0.4 is 0 Å². The Morgan fingerprint density at radius 1 is 1.30 bits per heavy atom. The van der Waals surface area contributed by atoms with Crippen molar-refractivity contribution >= 4 is 11.6 Å². The van der Waals surface area contributed by atoms with Crippen LogP contribution in [0.4, 0.5) is 4.39 Å². The van der Waals surface area contributed by atoms with Gasteiger partial charge < -0.3 is 9.13 Å². The van der Waals surface area contributed by atoms with E-state index >= 15 is 0 Å². The van der Waals surface area contributed by atoms with Gasteiger partial charge in [0.25, 0.3) is 0 Å². The first-order valence-corrected chi connectivity index (χ1v) is 6.47. The molecule has 3 rings (SSSR count). The molecule has 0 unspecified atom stereocenters. The van der Waals surface area contributed by atoms with Gasteiger partial charge >= 0.3 is 0 Å². The molecule has 0 aliphatic carbocycles. The summed E-state index contributed by atoms with van der Waals surface area (Å²) in [7, 11) is 0. The van der Waals surface area contributed by atoms with Gasteiger partial charge in [-0.25, -0.2) is 14.4 Å². The molecule has 2 aromatic heterocycles. The van der Waals surface area contributed by atoms with Gasteiger partial charge in [-0.2, -0.15) is 0 Å². The van der Waals surface area contributed by atoms with E-state index < -0.39 is 0 Å². The summed E-state index contributed by atoms with van der Waals surface area (Å²) in [6.45, 7) is 2.53. The standard InChI is InChI=1S/C14H12ClFN4/c1-10-17-4-5-19(10)7-12-8-20(9-18-12)14-3-2-11(15)6-13(14)16/h2-6,8-9H,7H2,1H3. The van der Waals surface area contributed by atoms with E-state index in [4.69, 9.17) is 11.6 Å². The molecule has 0 saturated carbocycles. The molecule has 20 heavy (non-hydrogen) atoms. The van der Waals surface area contributed by atoms with Crippen molar-refractivity contribution in [3.05, 3.63) is 65.5 Å². The number of imidazole rings is 2. The van der Waals surface area contributed by atoms with Crippen LogP contribution in [0.15, 0.2) is 43.1 Å². The highest BCUT2D eigenvalue weighted by molar-refractivity contribution is 6.30. The van der Waals surface area contributed by atoms with Crippen LogP contribution in [0, 0.1) is 12.7 Å². The monoisotopic (exact) mass is 290 g/mol.